The lowest BCUT2D eigenvalue weighted by atomic mass is 10.1. The highest BCUT2D eigenvalue weighted by molar-refractivity contribution is 6.35. The number of amides is 1. The van der Waals surface area contributed by atoms with Gasteiger partial charge in [0.25, 0.3) is 5.91 Å². The van der Waals surface area contributed by atoms with Gasteiger partial charge in [0.2, 0.25) is 0 Å². The Morgan fingerprint density at radius 1 is 1.04 bits per heavy atom. The fourth-order valence-corrected chi connectivity index (χ4v) is 2.96. The molecule has 0 fully saturated rings. The number of hydrogen-bond donors (Lipinski definition) is 0. The van der Waals surface area contributed by atoms with Crippen molar-refractivity contribution in [3.05, 3.63) is 57.6 Å². The first-order valence-corrected chi connectivity index (χ1v) is 8.08. The fourth-order valence-electron chi connectivity index (χ4n) is 2.40. The van der Waals surface area contributed by atoms with Gasteiger partial charge in [-0.05, 0) is 42.8 Å². The number of rotatable bonds is 5. The van der Waals surface area contributed by atoms with Gasteiger partial charge in [-0.25, -0.2) is 0 Å². The van der Waals surface area contributed by atoms with Crippen molar-refractivity contribution < 1.29 is 14.3 Å². The first kappa shape index (κ1) is 18.4. The summed E-state index contributed by atoms with van der Waals surface area (Å²) in [6.07, 6.45) is 0. The van der Waals surface area contributed by atoms with Crippen molar-refractivity contribution in [2.24, 2.45) is 0 Å². The van der Waals surface area contributed by atoms with Crippen molar-refractivity contribution in [2.45, 2.75) is 13.0 Å². The second-order valence-electron chi connectivity index (χ2n) is 5.33. The first-order chi connectivity index (χ1) is 11.4. The molecule has 24 heavy (non-hydrogen) atoms. The Morgan fingerprint density at radius 3 is 2.29 bits per heavy atom. The Labute approximate surface area is 151 Å². The molecule has 2 aromatic rings. The van der Waals surface area contributed by atoms with Crippen LogP contribution in [0.25, 0.3) is 0 Å². The topological polar surface area (TPSA) is 38.8 Å². The van der Waals surface area contributed by atoms with E-state index in [1.807, 2.05) is 13.0 Å². The summed E-state index contributed by atoms with van der Waals surface area (Å²) >= 11 is 12.2. The van der Waals surface area contributed by atoms with Gasteiger partial charge in [-0.15, -0.1) is 0 Å². The summed E-state index contributed by atoms with van der Waals surface area (Å²) < 4.78 is 10.4. The minimum absolute atomic E-state index is 0.144. The second-order valence-corrected chi connectivity index (χ2v) is 6.17. The molecular formula is C18H19Cl2NO3. The second kappa shape index (κ2) is 7.77. The number of hydrogen-bond acceptors (Lipinski definition) is 3. The number of benzene rings is 2. The maximum absolute atomic E-state index is 12.8. The summed E-state index contributed by atoms with van der Waals surface area (Å²) in [5.74, 6) is 0.939. The number of halogens is 2. The maximum Gasteiger partial charge on any atom is 0.254 e. The molecule has 0 saturated carbocycles. The van der Waals surface area contributed by atoms with Gasteiger partial charge < -0.3 is 14.4 Å². The van der Waals surface area contributed by atoms with Gasteiger partial charge in [0.1, 0.15) is 0 Å². The number of carbonyl (C=O) groups excluding carboxylic acids is 1. The van der Waals surface area contributed by atoms with Crippen LogP contribution < -0.4 is 9.47 Å². The molecule has 1 amide bonds. The molecule has 0 spiro atoms. The van der Waals surface area contributed by atoms with Crippen LogP contribution in [0.15, 0.2) is 36.4 Å². The predicted octanol–water partition coefficient (Wildman–Crippen LogP) is 4.84. The summed E-state index contributed by atoms with van der Waals surface area (Å²) in [7, 11) is 4.82. The zero-order valence-corrected chi connectivity index (χ0v) is 15.5. The number of ether oxygens (including phenoxy) is 2. The van der Waals surface area contributed by atoms with E-state index >= 15 is 0 Å². The third kappa shape index (κ3) is 3.77. The third-order valence-electron chi connectivity index (χ3n) is 3.94. The number of methoxy groups -OCH3 is 2. The SMILES string of the molecule is COc1ccc(C(=O)N(C)C(C)c2ccc(Cl)cc2Cl)cc1OC. The molecule has 0 aliphatic carbocycles. The summed E-state index contributed by atoms with van der Waals surface area (Å²) in [6.45, 7) is 1.91. The normalized spacial score (nSPS) is 11.8. The molecule has 0 radical (unpaired) electrons. The molecule has 0 N–H and O–H groups in total. The van der Waals surface area contributed by atoms with Crippen molar-refractivity contribution in [2.75, 3.05) is 21.3 Å². The minimum atomic E-state index is -0.213. The highest BCUT2D eigenvalue weighted by atomic mass is 35.5. The van der Waals surface area contributed by atoms with Gasteiger partial charge in [-0.3, -0.25) is 4.79 Å². The van der Waals surface area contributed by atoms with E-state index in [4.69, 9.17) is 32.7 Å². The quantitative estimate of drug-likeness (QED) is 0.758. The molecule has 128 valence electrons. The van der Waals surface area contributed by atoms with Gasteiger partial charge in [0.05, 0.1) is 20.3 Å². The molecular weight excluding hydrogens is 349 g/mol. The van der Waals surface area contributed by atoms with E-state index < -0.39 is 0 Å². The molecule has 4 nitrogen and oxygen atoms in total. The molecule has 0 bridgehead atoms. The average molecular weight is 368 g/mol. The predicted molar refractivity (Wildman–Crippen MR) is 96.5 cm³/mol. The van der Waals surface area contributed by atoms with E-state index in [-0.39, 0.29) is 11.9 Å². The zero-order valence-electron chi connectivity index (χ0n) is 14.0. The highest BCUT2D eigenvalue weighted by Crippen LogP contribution is 2.32. The van der Waals surface area contributed by atoms with Gasteiger partial charge in [0, 0.05) is 22.7 Å². The number of nitrogens with zero attached hydrogens (tertiary/aromatic N) is 1. The van der Waals surface area contributed by atoms with Crippen LogP contribution in [0, 0.1) is 0 Å². The van der Waals surface area contributed by atoms with E-state index in [0.717, 1.165) is 5.56 Å². The third-order valence-corrected chi connectivity index (χ3v) is 4.51. The van der Waals surface area contributed by atoms with Crippen molar-refractivity contribution in [3.63, 3.8) is 0 Å². The van der Waals surface area contributed by atoms with Gasteiger partial charge in [-0.2, -0.15) is 0 Å². The Morgan fingerprint density at radius 2 is 1.71 bits per heavy atom. The standard InChI is InChI=1S/C18H19Cl2NO3/c1-11(14-7-6-13(19)10-15(14)20)21(2)18(22)12-5-8-16(23-3)17(9-12)24-4/h5-11H,1-4H3. The summed E-state index contributed by atoms with van der Waals surface area (Å²) in [6, 6.07) is 10.1. The molecule has 0 heterocycles. The summed E-state index contributed by atoms with van der Waals surface area (Å²) in [4.78, 5) is 14.4. The van der Waals surface area contributed by atoms with Crippen LogP contribution in [0.3, 0.4) is 0 Å². The van der Waals surface area contributed by atoms with Crippen LogP contribution in [-0.2, 0) is 0 Å². The van der Waals surface area contributed by atoms with Crippen LogP contribution >= 0.6 is 23.2 Å². The van der Waals surface area contributed by atoms with Crippen molar-refractivity contribution in [3.8, 4) is 11.5 Å². The van der Waals surface area contributed by atoms with Crippen LogP contribution in [0.2, 0.25) is 10.0 Å². The average Bonchev–Trinajstić information content (AvgIpc) is 2.59. The fraction of sp³-hybridized carbons (Fsp3) is 0.278. The van der Waals surface area contributed by atoms with Crippen molar-refractivity contribution in [1.29, 1.82) is 0 Å². The van der Waals surface area contributed by atoms with Crippen LogP contribution in [0.4, 0.5) is 0 Å². The van der Waals surface area contributed by atoms with Crippen LogP contribution in [-0.4, -0.2) is 32.1 Å². The molecule has 2 rings (SSSR count). The van der Waals surface area contributed by atoms with Crippen molar-refractivity contribution in [1.82, 2.24) is 4.90 Å². The highest BCUT2D eigenvalue weighted by Gasteiger charge is 2.22. The smallest absolute Gasteiger partial charge is 0.254 e. The minimum Gasteiger partial charge on any atom is -0.493 e. The monoisotopic (exact) mass is 367 g/mol. The Hall–Kier alpha value is -1.91. The lowest BCUT2D eigenvalue weighted by Gasteiger charge is -2.26. The van der Waals surface area contributed by atoms with E-state index in [2.05, 4.69) is 0 Å². The Kier molecular flexibility index (Phi) is 5.97. The molecule has 1 atom stereocenters. The first-order valence-electron chi connectivity index (χ1n) is 7.33. The van der Waals surface area contributed by atoms with E-state index in [1.165, 1.54) is 7.11 Å². The van der Waals surface area contributed by atoms with Crippen molar-refractivity contribution >= 4 is 29.1 Å². The Balaban J connectivity index is 2.28. The molecule has 0 aliphatic rings. The van der Waals surface area contributed by atoms with Crippen LogP contribution in [0.5, 0.6) is 11.5 Å². The molecule has 6 heteroatoms. The molecule has 0 saturated heterocycles. The number of carbonyl (C=O) groups is 1. The van der Waals surface area contributed by atoms with E-state index in [0.29, 0.717) is 27.1 Å². The summed E-state index contributed by atoms with van der Waals surface area (Å²) in [5.41, 5.74) is 1.34. The zero-order chi connectivity index (χ0) is 17.9. The van der Waals surface area contributed by atoms with Gasteiger partial charge in [0.15, 0.2) is 11.5 Å². The molecule has 1 unspecified atom stereocenters. The van der Waals surface area contributed by atoms with Crippen LogP contribution in [0.1, 0.15) is 28.9 Å². The molecule has 0 aromatic heterocycles. The lowest BCUT2D eigenvalue weighted by Crippen LogP contribution is -2.29. The largest absolute Gasteiger partial charge is 0.493 e. The Bertz CT molecular complexity index is 749. The molecule has 0 aliphatic heterocycles. The van der Waals surface area contributed by atoms with E-state index in [9.17, 15) is 4.79 Å². The summed E-state index contributed by atoms with van der Waals surface area (Å²) in [5, 5.41) is 1.09. The maximum atomic E-state index is 12.8. The van der Waals surface area contributed by atoms with Gasteiger partial charge in [-0.1, -0.05) is 29.3 Å². The lowest BCUT2D eigenvalue weighted by molar-refractivity contribution is 0.0742. The van der Waals surface area contributed by atoms with E-state index in [1.54, 1.807) is 49.4 Å². The van der Waals surface area contributed by atoms with Gasteiger partial charge >= 0.3 is 0 Å². The molecule has 2 aromatic carbocycles.